The first-order valence-corrected chi connectivity index (χ1v) is 10.7. The van der Waals surface area contributed by atoms with Crippen LogP contribution >= 0.6 is 0 Å². The number of hydrogen-bond donors (Lipinski definition) is 1. The van der Waals surface area contributed by atoms with E-state index in [4.69, 9.17) is 4.74 Å². The number of hydrogen-bond acceptors (Lipinski definition) is 6. The molecular weight excluding hydrogens is 428 g/mol. The van der Waals surface area contributed by atoms with Crippen LogP contribution in [0.1, 0.15) is 5.56 Å². The molecule has 0 aliphatic carbocycles. The smallest absolute Gasteiger partial charge is 0.240 e. The Bertz CT molecular complexity index is 1340. The second kappa shape index (κ2) is 8.36. The Labute approximate surface area is 176 Å². The van der Waals surface area contributed by atoms with E-state index in [1.54, 1.807) is 24.3 Å². The lowest BCUT2D eigenvalue weighted by Gasteiger charge is -2.09. The van der Waals surface area contributed by atoms with Gasteiger partial charge in [-0.1, -0.05) is 0 Å². The topological polar surface area (TPSA) is 98.5 Å². The summed E-state index contributed by atoms with van der Waals surface area (Å²) in [5.74, 6) is -0.203. The standard InChI is InChI=1S/C20H17F2N5O3S/c1-13-12-16(6-7-17(13)22)31(28,29)23-10-11-30-19-9-8-18-24-25-20(27(18)26-19)14-2-4-15(21)5-3-14/h2-9,12,23H,10-11H2,1H3. The van der Waals surface area contributed by atoms with Crippen LogP contribution in [0.25, 0.3) is 17.0 Å². The van der Waals surface area contributed by atoms with Crippen molar-refractivity contribution in [3.63, 3.8) is 0 Å². The van der Waals surface area contributed by atoms with Gasteiger partial charge in [0.15, 0.2) is 11.5 Å². The van der Waals surface area contributed by atoms with Gasteiger partial charge in [-0.3, -0.25) is 0 Å². The highest BCUT2D eigenvalue weighted by molar-refractivity contribution is 7.89. The van der Waals surface area contributed by atoms with Gasteiger partial charge in [0, 0.05) is 18.2 Å². The lowest BCUT2D eigenvalue weighted by Crippen LogP contribution is -2.28. The van der Waals surface area contributed by atoms with Gasteiger partial charge < -0.3 is 4.74 Å². The van der Waals surface area contributed by atoms with E-state index in [9.17, 15) is 17.2 Å². The fourth-order valence-corrected chi connectivity index (χ4v) is 3.93. The van der Waals surface area contributed by atoms with Crippen molar-refractivity contribution in [3.8, 4) is 17.3 Å². The Morgan fingerprint density at radius 2 is 1.81 bits per heavy atom. The first-order chi connectivity index (χ1) is 14.8. The van der Waals surface area contributed by atoms with Crippen LogP contribution < -0.4 is 9.46 Å². The fourth-order valence-electron chi connectivity index (χ4n) is 2.83. The minimum atomic E-state index is -3.80. The molecule has 1 N–H and O–H groups in total. The third-order valence-electron chi connectivity index (χ3n) is 4.42. The highest BCUT2D eigenvalue weighted by atomic mass is 32.2. The van der Waals surface area contributed by atoms with Crippen molar-refractivity contribution in [2.24, 2.45) is 0 Å². The van der Waals surface area contributed by atoms with Crippen LogP contribution in [0.15, 0.2) is 59.5 Å². The number of ether oxygens (including phenoxy) is 1. The summed E-state index contributed by atoms with van der Waals surface area (Å²) in [6.45, 7) is 1.47. The SMILES string of the molecule is Cc1cc(S(=O)(=O)NCCOc2ccc3nnc(-c4ccc(F)cc4)n3n2)ccc1F. The minimum Gasteiger partial charge on any atom is -0.475 e. The van der Waals surface area contributed by atoms with Crippen LogP contribution in [0.2, 0.25) is 0 Å². The maximum atomic E-state index is 13.4. The van der Waals surface area contributed by atoms with E-state index in [-0.39, 0.29) is 35.3 Å². The predicted octanol–water partition coefficient (Wildman–Crippen LogP) is 2.74. The maximum Gasteiger partial charge on any atom is 0.240 e. The van der Waals surface area contributed by atoms with Crippen LogP contribution in [0.4, 0.5) is 8.78 Å². The summed E-state index contributed by atoms with van der Waals surface area (Å²) >= 11 is 0. The number of aryl methyl sites for hydroxylation is 1. The summed E-state index contributed by atoms with van der Waals surface area (Å²) in [5.41, 5.74) is 1.34. The van der Waals surface area contributed by atoms with Gasteiger partial charge in [0.1, 0.15) is 18.2 Å². The molecule has 0 saturated heterocycles. The van der Waals surface area contributed by atoms with E-state index in [2.05, 4.69) is 20.0 Å². The largest absolute Gasteiger partial charge is 0.475 e. The number of fused-ring (bicyclic) bond motifs is 1. The summed E-state index contributed by atoms with van der Waals surface area (Å²) in [7, 11) is -3.80. The normalized spacial score (nSPS) is 11.7. The Hall–Kier alpha value is -3.44. The fraction of sp³-hybridized carbons (Fsp3) is 0.150. The van der Waals surface area contributed by atoms with E-state index in [0.29, 0.717) is 17.0 Å². The van der Waals surface area contributed by atoms with Gasteiger partial charge in [0.2, 0.25) is 15.9 Å². The molecule has 0 bridgehead atoms. The molecule has 0 fully saturated rings. The number of nitrogens with zero attached hydrogens (tertiary/aromatic N) is 4. The summed E-state index contributed by atoms with van der Waals surface area (Å²) < 4.78 is 60.5. The molecule has 0 radical (unpaired) electrons. The van der Waals surface area contributed by atoms with E-state index in [1.165, 1.54) is 35.7 Å². The summed E-state index contributed by atoms with van der Waals surface area (Å²) in [4.78, 5) is -0.0284. The molecule has 0 aliphatic heterocycles. The zero-order chi connectivity index (χ0) is 22.0. The van der Waals surface area contributed by atoms with E-state index < -0.39 is 15.8 Å². The van der Waals surface area contributed by atoms with Crippen LogP contribution in [0.3, 0.4) is 0 Å². The van der Waals surface area contributed by atoms with Crippen molar-refractivity contribution < 1.29 is 21.9 Å². The number of nitrogens with one attached hydrogen (secondary N) is 1. The molecule has 4 rings (SSSR count). The van der Waals surface area contributed by atoms with Crippen molar-refractivity contribution in [3.05, 3.63) is 71.8 Å². The van der Waals surface area contributed by atoms with Gasteiger partial charge in [-0.2, -0.15) is 4.52 Å². The van der Waals surface area contributed by atoms with Crippen LogP contribution in [0.5, 0.6) is 5.88 Å². The highest BCUT2D eigenvalue weighted by Gasteiger charge is 2.15. The quantitative estimate of drug-likeness (QED) is 0.439. The molecule has 0 unspecified atom stereocenters. The van der Waals surface area contributed by atoms with Crippen molar-refractivity contribution in [1.82, 2.24) is 24.5 Å². The van der Waals surface area contributed by atoms with Crippen molar-refractivity contribution >= 4 is 15.7 Å². The van der Waals surface area contributed by atoms with Gasteiger partial charge >= 0.3 is 0 Å². The van der Waals surface area contributed by atoms with Crippen molar-refractivity contribution in [1.29, 1.82) is 0 Å². The van der Waals surface area contributed by atoms with E-state index >= 15 is 0 Å². The first kappa shape index (κ1) is 20.8. The molecule has 160 valence electrons. The molecule has 0 atom stereocenters. The van der Waals surface area contributed by atoms with Crippen molar-refractivity contribution in [2.45, 2.75) is 11.8 Å². The molecule has 2 aromatic heterocycles. The van der Waals surface area contributed by atoms with Gasteiger partial charge in [-0.15, -0.1) is 15.3 Å². The van der Waals surface area contributed by atoms with Gasteiger partial charge in [0.25, 0.3) is 0 Å². The minimum absolute atomic E-state index is 0.00587. The number of aromatic nitrogens is 4. The van der Waals surface area contributed by atoms with E-state index in [0.717, 1.165) is 6.07 Å². The number of halogens is 2. The molecule has 0 saturated carbocycles. The summed E-state index contributed by atoms with van der Waals surface area (Å²) in [5, 5.41) is 12.4. The Kier molecular flexibility index (Phi) is 5.61. The van der Waals surface area contributed by atoms with Gasteiger partial charge in [-0.25, -0.2) is 21.9 Å². The molecule has 2 heterocycles. The lowest BCUT2D eigenvalue weighted by molar-refractivity contribution is 0.306. The molecule has 8 nitrogen and oxygen atoms in total. The maximum absolute atomic E-state index is 13.4. The number of benzene rings is 2. The number of rotatable bonds is 7. The molecule has 0 amide bonds. The van der Waals surface area contributed by atoms with Crippen molar-refractivity contribution in [2.75, 3.05) is 13.2 Å². The predicted molar refractivity (Wildman–Crippen MR) is 108 cm³/mol. The molecule has 2 aromatic carbocycles. The molecule has 11 heteroatoms. The molecule has 0 aliphatic rings. The third kappa shape index (κ3) is 4.52. The highest BCUT2D eigenvalue weighted by Crippen LogP contribution is 2.19. The van der Waals surface area contributed by atoms with Gasteiger partial charge in [-0.05, 0) is 61.0 Å². The summed E-state index contributed by atoms with van der Waals surface area (Å²) in [6.07, 6.45) is 0. The lowest BCUT2D eigenvalue weighted by atomic mass is 10.2. The average molecular weight is 445 g/mol. The van der Waals surface area contributed by atoms with Crippen LogP contribution in [-0.4, -0.2) is 41.4 Å². The average Bonchev–Trinajstić information content (AvgIpc) is 3.17. The zero-order valence-electron chi connectivity index (χ0n) is 16.3. The Balaban J connectivity index is 1.43. The molecule has 4 aromatic rings. The van der Waals surface area contributed by atoms with Crippen LogP contribution in [0, 0.1) is 18.6 Å². The Morgan fingerprint density at radius 1 is 1.03 bits per heavy atom. The first-order valence-electron chi connectivity index (χ1n) is 9.20. The zero-order valence-corrected chi connectivity index (χ0v) is 17.1. The second-order valence-electron chi connectivity index (χ2n) is 6.63. The monoisotopic (exact) mass is 445 g/mol. The summed E-state index contributed by atoms with van der Waals surface area (Å²) in [6, 6.07) is 12.5. The Morgan fingerprint density at radius 3 is 2.55 bits per heavy atom. The molecular formula is C20H17F2N5O3S. The third-order valence-corrected chi connectivity index (χ3v) is 5.88. The molecule has 0 spiro atoms. The van der Waals surface area contributed by atoms with Crippen LogP contribution in [-0.2, 0) is 10.0 Å². The number of sulfonamides is 1. The van der Waals surface area contributed by atoms with Gasteiger partial charge in [0.05, 0.1) is 4.90 Å². The second-order valence-corrected chi connectivity index (χ2v) is 8.40. The van der Waals surface area contributed by atoms with E-state index in [1.807, 2.05) is 0 Å². The molecule has 31 heavy (non-hydrogen) atoms.